The average molecular weight is 357 g/mol. The summed E-state index contributed by atoms with van der Waals surface area (Å²) in [7, 11) is 2.05. The first-order chi connectivity index (χ1) is 13.1. The Labute approximate surface area is 157 Å². The lowest BCUT2D eigenvalue weighted by Gasteiger charge is -2.10. The predicted molar refractivity (Wildman–Crippen MR) is 106 cm³/mol. The molecule has 4 aromatic rings. The summed E-state index contributed by atoms with van der Waals surface area (Å²) in [5.41, 5.74) is 4.68. The molecule has 0 spiro atoms. The van der Waals surface area contributed by atoms with Crippen LogP contribution in [0.25, 0.3) is 22.0 Å². The third-order valence-corrected chi connectivity index (χ3v) is 4.67. The summed E-state index contributed by atoms with van der Waals surface area (Å²) in [6, 6.07) is 23.3. The standard InChI is InChI=1S/C23H19NO3/c1-24-14-13-18-5-4-7-19(22(18)24)17-11-9-16(10-12-17)15-27-21-8-3-2-6-20(21)23(25)26/h2-14H,15H2,1H3,(H,25,26). The minimum Gasteiger partial charge on any atom is -0.488 e. The molecule has 4 rings (SSSR count). The normalized spacial score (nSPS) is 10.9. The Kier molecular flexibility index (Phi) is 4.38. The predicted octanol–water partition coefficient (Wildman–Crippen LogP) is 5.12. The van der Waals surface area contributed by atoms with Crippen LogP contribution in [0.4, 0.5) is 0 Å². The fourth-order valence-electron chi connectivity index (χ4n) is 3.30. The van der Waals surface area contributed by atoms with Gasteiger partial charge in [0.2, 0.25) is 0 Å². The van der Waals surface area contributed by atoms with Crippen molar-refractivity contribution in [1.29, 1.82) is 0 Å². The number of hydrogen-bond donors (Lipinski definition) is 1. The third-order valence-electron chi connectivity index (χ3n) is 4.67. The van der Waals surface area contributed by atoms with Gasteiger partial charge < -0.3 is 14.4 Å². The number of rotatable bonds is 5. The topological polar surface area (TPSA) is 51.5 Å². The Morgan fingerprint density at radius 1 is 0.963 bits per heavy atom. The van der Waals surface area contributed by atoms with Gasteiger partial charge in [0.25, 0.3) is 0 Å². The second-order valence-corrected chi connectivity index (χ2v) is 6.46. The van der Waals surface area contributed by atoms with Gasteiger partial charge in [-0.05, 0) is 29.3 Å². The number of aromatic nitrogens is 1. The van der Waals surface area contributed by atoms with Gasteiger partial charge in [0.15, 0.2) is 0 Å². The zero-order valence-corrected chi connectivity index (χ0v) is 14.9. The van der Waals surface area contributed by atoms with Gasteiger partial charge in [-0.15, -0.1) is 0 Å². The lowest BCUT2D eigenvalue weighted by molar-refractivity contribution is 0.0691. The lowest BCUT2D eigenvalue weighted by Crippen LogP contribution is -2.03. The van der Waals surface area contributed by atoms with E-state index in [0.717, 1.165) is 11.1 Å². The van der Waals surface area contributed by atoms with Crippen LogP contribution in [-0.2, 0) is 13.7 Å². The molecule has 0 radical (unpaired) electrons. The van der Waals surface area contributed by atoms with Crippen molar-refractivity contribution in [2.24, 2.45) is 7.05 Å². The molecule has 0 aliphatic heterocycles. The molecule has 1 heterocycles. The molecule has 0 aliphatic rings. The smallest absolute Gasteiger partial charge is 0.339 e. The number of hydrogen-bond acceptors (Lipinski definition) is 2. The van der Waals surface area contributed by atoms with Crippen LogP contribution in [0.5, 0.6) is 5.75 Å². The summed E-state index contributed by atoms with van der Waals surface area (Å²) in [5, 5.41) is 10.4. The molecule has 1 aromatic heterocycles. The average Bonchev–Trinajstić information content (AvgIpc) is 3.08. The molecule has 4 nitrogen and oxygen atoms in total. The Bertz CT molecular complexity index is 1110. The van der Waals surface area contributed by atoms with Crippen LogP contribution in [0.2, 0.25) is 0 Å². The van der Waals surface area contributed by atoms with E-state index in [9.17, 15) is 9.90 Å². The molecule has 0 atom stereocenters. The van der Waals surface area contributed by atoms with E-state index in [-0.39, 0.29) is 5.56 Å². The van der Waals surface area contributed by atoms with E-state index in [0.29, 0.717) is 12.4 Å². The molecule has 1 N–H and O–H groups in total. The van der Waals surface area contributed by atoms with E-state index in [4.69, 9.17) is 4.74 Å². The highest BCUT2D eigenvalue weighted by atomic mass is 16.5. The van der Waals surface area contributed by atoms with E-state index >= 15 is 0 Å². The highest BCUT2D eigenvalue weighted by Crippen LogP contribution is 2.29. The first-order valence-corrected chi connectivity index (χ1v) is 8.72. The molecule has 3 aromatic carbocycles. The molecule has 0 bridgehead atoms. The van der Waals surface area contributed by atoms with Crippen LogP contribution in [0, 0.1) is 0 Å². The molecule has 0 amide bonds. The van der Waals surface area contributed by atoms with Gasteiger partial charge >= 0.3 is 5.97 Å². The zero-order valence-electron chi connectivity index (χ0n) is 14.9. The van der Waals surface area contributed by atoms with Crippen molar-refractivity contribution in [2.75, 3.05) is 0 Å². The number of carbonyl (C=O) groups is 1. The lowest BCUT2D eigenvalue weighted by atomic mass is 10.0. The molecule has 4 heteroatoms. The van der Waals surface area contributed by atoms with Gasteiger partial charge in [0, 0.05) is 24.2 Å². The largest absolute Gasteiger partial charge is 0.488 e. The number of aromatic carboxylic acids is 1. The summed E-state index contributed by atoms with van der Waals surface area (Å²) < 4.78 is 7.85. The fraction of sp³-hybridized carbons (Fsp3) is 0.0870. The van der Waals surface area contributed by atoms with Crippen molar-refractivity contribution >= 4 is 16.9 Å². The van der Waals surface area contributed by atoms with Gasteiger partial charge in [-0.1, -0.05) is 54.6 Å². The highest BCUT2D eigenvalue weighted by Gasteiger charge is 2.11. The molecule has 0 fully saturated rings. The van der Waals surface area contributed by atoms with Crippen LogP contribution in [-0.4, -0.2) is 15.6 Å². The van der Waals surface area contributed by atoms with Crippen molar-refractivity contribution in [1.82, 2.24) is 4.57 Å². The van der Waals surface area contributed by atoms with Crippen LogP contribution in [0.3, 0.4) is 0 Å². The molecule has 0 aliphatic carbocycles. The monoisotopic (exact) mass is 357 g/mol. The van der Waals surface area contributed by atoms with Crippen molar-refractivity contribution in [2.45, 2.75) is 6.61 Å². The van der Waals surface area contributed by atoms with Gasteiger partial charge in [-0.3, -0.25) is 0 Å². The highest BCUT2D eigenvalue weighted by molar-refractivity contribution is 5.94. The summed E-state index contributed by atoms with van der Waals surface area (Å²) in [5.74, 6) is -0.612. The van der Waals surface area contributed by atoms with Crippen LogP contribution < -0.4 is 4.74 Å². The summed E-state index contributed by atoms with van der Waals surface area (Å²) in [6.45, 7) is 0.318. The number of para-hydroxylation sites is 2. The Hall–Kier alpha value is -3.53. The summed E-state index contributed by atoms with van der Waals surface area (Å²) in [4.78, 5) is 11.3. The number of fused-ring (bicyclic) bond motifs is 1. The molecule has 134 valence electrons. The van der Waals surface area contributed by atoms with E-state index in [2.05, 4.69) is 47.2 Å². The minimum absolute atomic E-state index is 0.171. The minimum atomic E-state index is -0.989. The second kappa shape index (κ2) is 7.00. The maximum absolute atomic E-state index is 11.3. The zero-order chi connectivity index (χ0) is 18.8. The Morgan fingerprint density at radius 3 is 2.52 bits per heavy atom. The van der Waals surface area contributed by atoms with Gasteiger partial charge in [-0.25, -0.2) is 4.79 Å². The molecule has 0 unspecified atom stereocenters. The second-order valence-electron chi connectivity index (χ2n) is 6.46. The number of nitrogens with zero attached hydrogens (tertiary/aromatic N) is 1. The van der Waals surface area contributed by atoms with E-state index in [1.54, 1.807) is 24.3 Å². The first-order valence-electron chi connectivity index (χ1n) is 8.72. The van der Waals surface area contributed by atoms with Crippen molar-refractivity contribution < 1.29 is 14.6 Å². The van der Waals surface area contributed by atoms with Gasteiger partial charge in [-0.2, -0.15) is 0 Å². The van der Waals surface area contributed by atoms with Crippen molar-refractivity contribution in [3.8, 4) is 16.9 Å². The van der Waals surface area contributed by atoms with Crippen molar-refractivity contribution in [3.05, 3.63) is 90.1 Å². The first kappa shape index (κ1) is 16.9. The fourth-order valence-corrected chi connectivity index (χ4v) is 3.30. The number of ether oxygens (including phenoxy) is 1. The Balaban J connectivity index is 1.56. The maximum atomic E-state index is 11.3. The summed E-state index contributed by atoms with van der Waals surface area (Å²) in [6.07, 6.45) is 2.07. The van der Waals surface area contributed by atoms with E-state index in [1.165, 1.54) is 16.5 Å². The summed E-state index contributed by atoms with van der Waals surface area (Å²) >= 11 is 0. The molecule has 0 saturated carbocycles. The van der Waals surface area contributed by atoms with Crippen LogP contribution in [0.1, 0.15) is 15.9 Å². The quantitative estimate of drug-likeness (QED) is 0.539. The van der Waals surface area contributed by atoms with Crippen LogP contribution >= 0.6 is 0 Å². The van der Waals surface area contributed by atoms with E-state index in [1.807, 2.05) is 19.2 Å². The van der Waals surface area contributed by atoms with Crippen molar-refractivity contribution in [3.63, 3.8) is 0 Å². The molecule has 27 heavy (non-hydrogen) atoms. The van der Waals surface area contributed by atoms with Crippen LogP contribution in [0.15, 0.2) is 79.0 Å². The molecular weight excluding hydrogens is 338 g/mol. The molecular formula is C23H19NO3. The molecule has 0 saturated heterocycles. The Morgan fingerprint density at radius 2 is 1.74 bits per heavy atom. The number of carboxylic acids is 1. The van der Waals surface area contributed by atoms with Gasteiger partial charge in [0.05, 0.1) is 5.52 Å². The maximum Gasteiger partial charge on any atom is 0.339 e. The van der Waals surface area contributed by atoms with Gasteiger partial charge in [0.1, 0.15) is 17.9 Å². The SMILES string of the molecule is Cn1ccc2cccc(-c3ccc(COc4ccccc4C(=O)O)cc3)c21. The number of benzene rings is 3. The number of carboxylic acid groups (broad SMARTS) is 1. The number of aryl methyl sites for hydroxylation is 1. The third kappa shape index (κ3) is 3.29. The van der Waals surface area contributed by atoms with E-state index < -0.39 is 5.97 Å².